The molecular formula is C12H15F8O3P. The molecule has 0 radical (unpaired) electrons. The van der Waals surface area contributed by atoms with Crippen molar-refractivity contribution >= 4 is 7.60 Å². The minimum atomic E-state index is -6.14. The Morgan fingerprint density at radius 3 is 1.62 bits per heavy atom. The van der Waals surface area contributed by atoms with Crippen LogP contribution in [0.4, 0.5) is 35.1 Å². The molecule has 0 fully saturated rings. The maximum atomic E-state index is 14.3. The van der Waals surface area contributed by atoms with Gasteiger partial charge in [-0.15, -0.1) is 6.58 Å². The largest absolute Gasteiger partial charge is 0.419 e. The molecule has 0 aromatic rings. The van der Waals surface area contributed by atoms with Crippen molar-refractivity contribution in [3.05, 3.63) is 23.8 Å². The molecule has 0 rings (SSSR count). The van der Waals surface area contributed by atoms with Gasteiger partial charge in [0.15, 0.2) is 0 Å². The van der Waals surface area contributed by atoms with Gasteiger partial charge < -0.3 is 9.05 Å². The van der Waals surface area contributed by atoms with Gasteiger partial charge in [-0.3, -0.25) is 4.57 Å². The maximum Gasteiger partial charge on any atom is 0.419 e. The maximum absolute atomic E-state index is 14.3. The molecule has 0 aliphatic carbocycles. The summed E-state index contributed by atoms with van der Waals surface area (Å²) in [7, 11) is -5.87. The minimum absolute atomic E-state index is 0.372. The SMILES string of the molecule is C=CC/C(=C(/C(F)(F)F)C(F)(F)P(=O)(OCC)OCC)C(F)(F)F. The fourth-order valence-corrected chi connectivity index (χ4v) is 3.32. The second-order valence-electron chi connectivity index (χ2n) is 4.22. The molecule has 24 heavy (non-hydrogen) atoms. The first-order valence-electron chi connectivity index (χ1n) is 6.44. The smallest absolute Gasteiger partial charge is 0.304 e. The zero-order chi connectivity index (χ0) is 19.4. The highest BCUT2D eigenvalue weighted by Crippen LogP contribution is 2.67. The Balaban J connectivity index is 6.75. The summed E-state index contributed by atoms with van der Waals surface area (Å²) >= 11 is 0. The number of hydrogen-bond acceptors (Lipinski definition) is 3. The second-order valence-corrected chi connectivity index (χ2v) is 6.29. The third-order valence-electron chi connectivity index (χ3n) is 2.52. The van der Waals surface area contributed by atoms with Gasteiger partial charge in [-0.05, 0) is 20.3 Å². The topological polar surface area (TPSA) is 35.5 Å². The van der Waals surface area contributed by atoms with Gasteiger partial charge >= 0.3 is 25.6 Å². The predicted molar refractivity (Wildman–Crippen MR) is 69.8 cm³/mol. The van der Waals surface area contributed by atoms with Crippen LogP contribution in [0.2, 0.25) is 0 Å². The lowest BCUT2D eigenvalue weighted by atomic mass is 10.0. The Labute approximate surface area is 132 Å². The van der Waals surface area contributed by atoms with Crippen molar-refractivity contribution in [1.29, 1.82) is 0 Å². The molecule has 0 aliphatic rings. The summed E-state index contributed by atoms with van der Waals surface area (Å²) in [6, 6.07) is 0. The van der Waals surface area contributed by atoms with E-state index in [9.17, 15) is 39.7 Å². The van der Waals surface area contributed by atoms with Crippen LogP contribution in [0.25, 0.3) is 0 Å². The lowest BCUT2D eigenvalue weighted by molar-refractivity contribution is -0.136. The zero-order valence-electron chi connectivity index (χ0n) is 12.6. The molecule has 0 saturated carbocycles. The van der Waals surface area contributed by atoms with Gasteiger partial charge in [0.1, 0.15) is 5.57 Å². The molecule has 0 aromatic heterocycles. The van der Waals surface area contributed by atoms with Crippen LogP contribution in [0, 0.1) is 0 Å². The summed E-state index contributed by atoms with van der Waals surface area (Å²) in [6.07, 6.45) is -13.1. The summed E-state index contributed by atoms with van der Waals surface area (Å²) in [5.41, 5.74) is -11.5. The van der Waals surface area contributed by atoms with E-state index in [1.807, 2.05) is 0 Å². The van der Waals surface area contributed by atoms with Crippen LogP contribution in [0.3, 0.4) is 0 Å². The van der Waals surface area contributed by atoms with Gasteiger partial charge in [0.2, 0.25) is 0 Å². The molecule has 0 unspecified atom stereocenters. The van der Waals surface area contributed by atoms with E-state index in [1.54, 1.807) is 0 Å². The van der Waals surface area contributed by atoms with Gasteiger partial charge in [-0.25, -0.2) is 0 Å². The van der Waals surface area contributed by atoms with Crippen LogP contribution in [-0.4, -0.2) is 31.2 Å². The Morgan fingerprint density at radius 2 is 1.38 bits per heavy atom. The first-order chi connectivity index (χ1) is 10.7. The van der Waals surface area contributed by atoms with Crippen molar-refractivity contribution in [1.82, 2.24) is 0 Å². The monoisotopic (exact) mass is 390 g/mol. The van der Waals surface area contributed by atoms with E-state index in [1.165, 1.54) is 0 Å². The van der Waals surface area contributed by atoms with Crippen molar-refractivity contribution in [3.63, 3.8) is 0 Å². The quantitative estimate of drug-likeness (QED) is 0.297. The second kappa shape index (κ2) is 7.97. The van der Waals surface area contributed by atoms with Gasteiger partial charge in [0.25, 0.3) is 0 Å². The molecule has 0 bridgehead atoms. The molecule has 0 aromatic carbocycles. The lowest BCUT2D eigenvalue weighted by Crippen LogP contribution is -2.36. The van der Waals surface area contributed by atoms with Crippen molar-refractivity contribution < 1.29 is 48.7 Å². The average molecular weight is 390 g/mol. The third kappa shape index (κ3) is 5.03. The summed E-state index contributed by atoms with van der Waals surface area (Å²) in [5, 5.41) is 0. The van der Waals surface area contributed by atoms with Crippen molar-refractivity contribution in [2.45, 2.75) is 38.3 Å². The highest BCUT2D eigenvalue weighted by atomic mass is 31.2. The highest BCUT2D eigenvalue weighted by molar-refractivity contribution is 7.55. The fraction of sp³-hybridized carbons (Fsp3) is 0.667. The number of allylic oxidation sites excluding steroid dienone is 3. The molecule has 0 spiro atoms. The molecule has 0 N–H and O–H groups in total. The van der Waals surface area contributed by atoms with E-state index in [2.05, 4.69) is 15.6 Å². The Hall–Kier alpha value is -0.930. The predicted octanol–water partition coefficient (Wildman–Crippen LogP) is 5.84. The first kappa shape index (κ1) is 23.1. The van der Waals surface area contributed by atoms with E-state index < -0.39 is 56.4 Å². The van der Waals surface area contributed by atoms with E-state index in [0.29, 0.717) is 6.08 Å². The van der Waals surface area contributed by atoms with E-state index in [-0.39, 0.29) is 0 Å². The van der Waals surface area contributed by atoms with E-state index in [0.717, 1.165) is 13.8 Å². The summed E-state index contributed by atoms with van der Waals surface area (Å²) in [6.45, 7) is 3.33. The Morgan fingerprint density at radius 1 is 0.958 bits per heavy atom. The number of alkyl halides is 8. The van der Waals surface area contributed by atoms with Crippen molar-refractivity contribution in [2.75, 3.05) is 13.2 Å². The normalized spacial score (nSPS) is 15.2. The van der Waals surface area contributed by atoms with Crippen LogP contribution in [0.5, 0.6) is 0 Å². The molecule has 0 heterocycles. The van der Waals surface area contributed by atoms with Crippen molar-refractivity contribution in [2.24, 2.45) is 0 Å². The Kier molecular flexibility index (Phi) is 7.66. The third-order valence-corrected chi connectivity index (χ3v) is 4.63. The average Bonchev–Trinajstić information content (AvgIpc) is 2.35. The van der Waals surface area contributed by atoms with Gasteiger partial charge in [0.05, 0.1) is 18.8 Å². The standard InChI is InChI=1S/C12H15F8O3P/c1-4-7-8(10(13,14)15)9(11(16,17)18)12(19,20)24(21,22-5-2)23-6-3/h4H,1,5-7H2,2-3H3/b9-8+. The fourth-order valence-electron chi connectivity index (χ4n) is 1.70. The first-order valence-corrected chi connectivity index (χ1v) is 7.99. The molecule has 0 aliphatic heterocycles. The molecule has 0 saturated heterocycles. The number of halogens is 8. The number of rotatable bonds is 8. The van der Waals surface area contributed by atoms with Crippen LogP contribution in [0.15, 0.2) is 23.8 Å². The van der Waals surface area contributed by atoms with Crippen molar-refractivity contribution in [3.8, 4) is 0 Å². The zero-order valence-corrected chi connectivity index (χ0v) is 13.5. The van der Waals surface area contributed by atoms with Crippen LogP contribution >= 0.6 is 7.60 Å². The van der Waals surface area contributed by atoms with Crippen LogP contribution in [0.1, 0.15) is 20.3 Å². The van der Waals surface area contributed by atoms with Gasteiger partial charge in [0, 0.05) is 0 Å². The molecule has 12 heteroatoms. The summed E-state index contributed by atoms with van der Waals surface area (Å²) in [5.74, 6) is 0. The van der Waals surface area contributed by atoms with E-state index in [4.69, 9.17) is 0 Å². The van der Waals surface area contributed by atoms with E-state index >= 15 is 0 Å². The number of hydrogen-bond donors (Lipinski definition) is 0. The summed E-state index contributed by atoms with van der Waals surface area (Å²) in [4.78, 5) is 0. The van der Waals surface area contributed by atoms with Crippen LogP contribution in [-0.2, 0) is 13.6 Å². The molecule has 3 nitrogen and oxygen atoms in total. The summed E-state index contributed by atoms with van der Waals surface area (Å²) < 4.78 is 127. The van der Waals surface area contributed by atoms with Gasteiger partial charge in [-0.1, -0.05) is 6.08 Å². The minimum Gasteiger partial charge on any atom is -0.304 e. The van der Waals surface area contributed by atoms with Gasteiger partial charge in [-0.2, -0.15) is 35.1 Å². The molecule has 0 amide bonds. The highest BCUT2D eigenvalue weighted by Gasteiger charge is 2.66. The molecule has 142 valence electrons. The van der Waals surface area contributed by atoms with Crippen LogP contribution < -0.4 is 0 Å². The Bertz CT molecular complexity index is 511. The lowest BCUT2D eigenvalue weighted by Gasteiger charge is -2.30. The molecule has 0 atom stereocenters. The molecular weight excluding hydrogens is 375 g/mol.